The molecule has 0 fully saturated rings. The van der Waals surface area contributed by atoms with Crippen LogP contribution in [-0.2, 0) is 0 Å². The summed E-state index contributed by atoms with van der Waals surface area (Å²) in [6, 6.07) is 12.9. The average molecular weight is 226 g/mol. The lowest BCUT2D eigenvalue weighted by Crippen LogP contribution is -2.23. The Hall–Kier alpha value is -1.50. The van der Waals surface area contributed by atoms with Crippen LogP contribution in [0.4, 0.5) is 0 Å². The fourth-order valence-electron chi connectivity index (χ4n) is 3.07. The van der Waals surface area contributed by atoms with Gasteiger partial charge in [-0.25, -0.2) is 0 Å². The van der Waals surface area contributed by atoms with Crippen molar-refractivity contribution in [2.75, 3.05) is 0 Å². The van der Waals surface area contributed by atoms with Gasteiger partial charge in [0.05, 0.1) is 6.26 Å². The number of benzene rings is 1. The molecule has 1 aromatic heterocycles. The van der Waals surface area contributed by atoms with Crippen LogP contribution < -0.4 is 0 Å². The van der Waals surface area contributed by atoms with E-state index in [1.165, 1.54) is 11.1 Å². The highest BCUT2D eigenvalue weighted by Crippen LogP contribution is 2.53. The van der Waals surface area contributed by atoms with Crippen molar-refractivity contribution in [3.8, 4) is 0 Å². The molecule has 3 rings (SSSR count). The maximum atomic E-state index is 5.64. The van der Waals surface area contributed by atoms with E-state index in [0.29, 0.717) is 11.8 Å². The molecule has 88 valence electrons. The van der Waals surface area contributed by atoms with Crippen molar-refractivity contribution in [2.45, 2.75) is 32.6 Å². The fraction of sp³-hybridized carbons (Fsp3) is 0.375. The first kappa shape index (κ1) is 10.6. The van der Waals surface area contributed by atoms with E-state index in [0.717, 1.165) is 5.76 Å². The van der Waals surface area contributed by atoms with Gasteiger partial charge in [0.25, 0.3) is 0 Å². The molecule has 1 heteroatoms. The zero-order valence-electron chi connectivity index (χ0n) is 10.6. The van der Waals surface area contributed by atoms with Crippen molar-refractivity contribution in [3.63, 3.8) is 0 Å². The van der Waals surface area contributed by atoms with Crippen LogP contribution in [0.3, 0.4) is 0 Å². The minimum absolute atomic E-state index is 0.258. The van der Waals surface area contributed by atoms with Gasteiger partial charge in [-0.2, -0.15) is 0 Å². The van der Waals surface area contributed by atoms with Gasteiger partial charge in [-0.1, -0.05) is 51.1 Å². The summed E-state index contributed by atoms with van der Waals surface area (Å²) in [6.45, 7) is 6.93. The summed E-state index contributed by atoms with van der Waals surface area (Å²) < 4.78 is 5.64. The third-order valence-electron chi connectivity index (χ3n) is 3.73. The number of fused-ring (bicyclic) bond motifs is 2. The smallest absolute Gasteiger partial charge is 0.112 e. The molecule has 1 heterocycles. The molecular weight excluding hydrogens is 208 g/mol. The molecule has 2 unspecified atom stereocenters. The van der Waals surface area contributed by atoms with E-state index in [9.17, 15) is 0 Å². The molecule has 1 aromatic carbocycles. The van der Waals surface area contributed by atoms with Crippen molar-refractivity contribution < 1.29 is 4.42 Å². The standard InChI is InChI=1S/C16H18O/c1-16(2,3)15-12-9-13(17-10-12)14(15)11-7-5-4-6-8-11/h4-10,14-15H,1-3H3. The van der Waals surface area contributed by atoms with Crippen LogP contribution in [0.1, 0.15) is 49.5 Å². The number of hydrogen-bond donors (Lipinski definition) is 0. The highest BCUT2D eigenvalue weighted by atomic mass is 16.3. The maximum absolute atomic E-state index is 5.64. The van der Waals surface area contributed by atoms with Crippen LogP contribution in [0.15, 0.2) is 47.1 Å². The van der Waals surface area contributed by atoms with E-state index < -0.39 is 0 Å². The van der Waals surface area contributed by atoms with Gasteiger partial charge in [-0.3, -0.25) is 0 Å². The number of hydrogen-bond acceptors (Lipinski definition) is 1. The molecule has 0 saturated heterocycles. The molecule has 1 nitrogen and oxygen atoms in total. The van der Waals surface area contributed by atoms with Gasteiger partial charge >= 0.3 is 0 Å². The lowest BCUT2D eigenvalue weighted by atomic mass is 9.70. The third-order valence-corrected chi connectivity index (χ3v) is 3.73. The predicted molar refractivity (Wildman–Crippen MR) is 69.2 cm³/mol. The number of furan rings is 1. The van der Waals surface area contributed by atoms with Gasteiger partial charge in [-0.15, -0.1) is 0 Å². The minimum Gasteiger partial charge on any atom is -0.468 e. The van der Waals surface area contributed by atoms with Crippen LogP contribution >= 0.6 is 0 Å². The molecule has 0 amide bonds. The Kier molecular flexibility index (Phi) is 2.19. The Morgan fingerprint density at radius 1 is 1.00 bits per heavy atom. The SMILES string of the molecule is CC(C)(C)C1c2coc(c2)C1c1ccccc1. The Morgan fingerprint density at radius 2 is 1.71 bits per heavy atom. The normalized spacial score (nSPS) is 23.0. The van der Waals surface area contributed by atoms with E-state index in [1.54, 1.807) is 0 Å². The molecular formula is C16H18O. The van der Waals surface area contributed by atoms with Crippen LogP contribution in [-0.4, -0.2) is 0 Å². The highest BCUT2D eigenvalue weighted by Gasteiger charge is 2.42. The van der Waals surface area contributed by atoms with E-state index in [-0.39, 0.29) is 5.41 Å². The molecule has 1 aliphatic carbocycles. The van der Waals surface area contributed by atoms with Gasteiger partial charge in [0.2, 0.25) is 0 Å². The van der Waals surface area contributed by atoms with Crippen molar-refractivity contribution in [1.82, 2.24) is 0 Å². The van der Waals surface area contributed by atoms with Gasteiger partial charge in [0.15, 0.2) is 0 Å². The fourth-order valence-corrected chi connectivity index (χ4v) is 3.07. The second-order valence-electron chi connectivity index (χ2n) is 6.01. The largest absolute Gasteiger partial charge is 0.468 e. The topological polar surface area (TPSA) is 13.1 Å². The Bertz CT molecular complexity index is 516. The van der Waals surface area contributed by atoms with E-state index in [1.807, 2.05) is 6.26 Å². The summed E-state index contributed by atoms with van der Waals surface area (Å²) in [6.07, 6.45) is 1.92. The molecule has 2 aromatic rings. The highest BCUT2D eigenvalue weighted by molar-refractivity contribution is 5.42. The molecule has 0 spiro atoms. The van der Waals surface area contributed by atoms with Gasteiger partial charge in [0, 0.05) is 11.8 Å². The van der Waals surface area contributed by atoms with E-state index in [4.69, 9.17) is 4.42 Å². The lowest BCUT2D eigenvalue weighted by Gasteiger charge is -2.34. The Morgan fingerprint density at radius 3 is 2.35 bits per heavy atom. The monoisotopic (exact) mass is 226 g/mol. The first-order valence-electron chi connectivity index (χ1n) is 6.20. The quantitative estimate of drug-likeness (QED) is 0.695. The molecule has 2 atom stereocenters. The molecule has 1 aliphatic rings. The molecule has 2 bridgehead atoms. The summed E-state index contributed by atoms with van der Waals surface area (Å²) in [4.78, 5) is 0. The van der Waals surface area contributed by atoms with Gasteiger partial charge in [0.1, 0.15) is 5.76 Å². The molecule has 0 aliphatic heterocycles. The zero-order valence-corrected chi connectivity index (χ0v) is 10.6. The molecule has 0 saturated carbocycles. The Balaban J connectivity index is 2.08. The summed E-state index contributed by atoms with van der Waals surface area (Å²) in [5.74, 6) is 2.05. The second kappa shape index (κ2) is 3.49. The van der Waals surface area contributed by atoms with Crippen molar-refractivity contribution in [2.24, 2.45) is 5.41 Å². The second-order valence-corrected chi connectivity index (χ2v) is 6.01. The zero-order chi connectivity index (χ0) is 12.0. The minimum atomic E-state index is 0.258. The van der Waals surface area contributed by atoms with Gasteiger partial charge in [-0.05, 0) is 22.6 Å². The average Bonchev–Trinajstić information content (AvgIpc) is 2.88. The number of rotatable bonds is 1. The van der Waals surface area contributed by atoms with Crippen LogP contribution in [0.25, 0.3) is 0 Å². The first-order chi connectivity index (χ1) is 8.07. The molecule has 0 N–H and O–H groups in total. The van der Waals surface area contributed by atoms with E-state index >= 15 is 0 Å². The van der Waals surface area contributed by atoms with Crippen LogP contribution in [0, 0.1) is 5.41 Å². The summed E-state index contributed by atoms with van der Waals surface area (Å²) in [7, 11) is 0. The van der Waals surface area contributed by atoms with Crippen molar-refractivity contribution >= 4 is 0 Å². The van der Waals surface area contributed by atoms with E-state index in [2.05, 4.69) is 57.2 Å². The predicted octanol–water partition coefficient (Wildman–Crippen LogP) is 4.55. The van der Waals surface area contributed by atoms with Crippen molar-refractivity contribution in [1.29, 1.82) is 0 Å². The third kappa shape index (κ3) is 1.61. The Labute approximate surface area is 102 Å². The maximum Gasteiger partial charge on any atom is 0.112 e. The molecule has 17 heavy (non-hydrogen) atoms. The lowest BCUT2D eigenvalue weighted by molar-refractivity contribution is 0.271. The van der Waals surface area contributed by atoms with Crippen molar-refractivity contribution in [3.05, 3.63) is 59.5 Å². The first-order valence-corrected chi connectivity index (χ1v) is 6.20. The van der Waals surface area contributed by atoms with Gasteiger partial charge < -0.3 is 4.42 Å². The van der Waals surface area contributed by atoms with Crippen LogP contribution in [0.5, 0.6) is 0 Å². The van der Waals surface area contributed by atoms with Crippen LogP contribution in [0.2, 0.25) is 0 Å². The summed E-state index contributed by atoms with van der Waals surface area (Å²) in [5, 5.41) is 0. The summed E-state index contributed by atoms with van der Waals surface area (Å²) >= 11 is 0. The molecule has 0 radical (unpaired) electrons. The summed E-state index contributed by atoms with van der Waals surface area (Å²) in [5.41, 5.74) is 2.97.